The van der Waals surface area contributed by atoms with Crippen LogP contribution in [-0.4, -0.2) is 12.4 Å². The van der Waals surface area contributed by atoms with Crippen molar-refractivity contribution < 1.29 is 13.9 Å². The maximum absolute atomic E-state index is 13.2. The molecule has 0 bridgehead atoms. The summed E-state index contributed by atoms with van der Waals surface area (Å²) >= 11 is 0. The first-order valence-corrected chi connectivity index (χ1v) is 4.14. The van der Waals surface area contributed by atoms with Gasteiger partial charge in [0.25, 0.3) is 0 Å². The lowest BCUT2D eigenvalue weighted by Gasteiger charge is -2.02. The first-order chi connectivity index (χ1) is 6.18. The van der Waals surface area contributed by atoms with Gasteiger partial charge in [0.1, 0.15) is 11.6 Å². The van der Waals surface area contributed by atoms with E-state index in [2.05, 4.69) is 0 Å². The predicted molar refractivity (Wildman–Crippen MR) is 45.6 cm³/mol. The van der Waals surface area contributed by atoms with Gasteiger partial charge in [0, 0.05) is 12.5 Å². The molecular weight excluding hydrogens is 171 g/mol. The molecule has 0 saturated heterocycles. The Bertz CT molecular complexity index is 371. The zero-order valence-electron chi connectivity index (χ0n) is 7.26. The molecule has 0 amide bonds. The van der Waals surface area contributed by atoms with E-state index in [0.717, 1.165) is 12.0 Å². The van der Waals surface area contributed by atoms with Crippen molar-refractivity contribution in [3.05, 3.63) is 29.1 Å². The minimum absolute atomic E-state index is 0.157. The zero-order valence-corrected chi connectivity index (χ0v) is 7.26. The van der Waals surface area contributed by atoms with E-state index >= 15 is 0 Å². The highest BCUT2D eigenvalue weighted by molar-refractivity contribution is 5.94. The van der Waals surface area contributed by atoms with Crippen LogP contribution >= 0.6 is 0 Å². The molecule has 0 N–H and O–H groups in total. The molecule has 13 heavy (non-hydrogen) atoms. The van der Waals surface area contributed by atoms with Crippen LogP contribution in [0.5, 0.6) is 5.75 Å². The SMILES string of the molecule is CC(=O)c1cc2c(cc1F)OCC2. The van der Waals surface area contributed by atoms with Crippen LogP contribution in [0.1, 0.15) is 22.8 Å². The van der Waals surface area contributed by atoms with Crippen molar-refractivity contribution in [1.29, 1.82) is 0 Å². The molecule has 0 atom stereocenters. The van der Waals surface area contributed by atoms with Crippen molar-refractivity contribution >= 4 is 5.78 Å². The summed E-state index contributed by atoms with van der Waals surface area (Å²) in [5, 5.41) is 0. The summed E-state index contributed by atoms with van der Waals surface area (Å²) in [6.07, 6.45) is 0.760. The molecule has 1 aromatic rings. The van der Waals surface area contributed by atoms with E-state index in [4.69, 9.17) is 4.74 Å². The molecule has 0 saturated carbocycles. The van der Waals surface area contributed by atoms with Gasteiger partial charge in [0.15, 0.2) is 5.78 Å². The Kier molecular flexibility index (Phi) is 1.79. The van der Waals surface area contributed by atoms with Crippen molar-refractivity contribution in [3.63, 3.8) is 0 Å². The van der Waals surface area contributed by atoms with Crippen LogP contribution in [0.2, 0.25) is 0 Å². The fraction of sp³-hybridized carbons (Fsp3) is 0.300. The van der Waals surface area contributed by atoms with E-state index < -0.39 is 5.82 Å². The molecule has 2 rings (SSSR count). The maximum Gasteiger partial charge on any atom is 0.162 e. The summed E-state index contributed by atoms with van der Waals surface area (Å²) in [7, 11) is 0. The quantitative estimate of drug-likeness (QED) is 0.617. The van der Waals surface area contributed by atoms with Crippen LogP contribution in [-0.2, 0) is 6.42 Å². The number of ether oxygens (including phenoxy) is 1. The topological polar surface area (TPSA) is 26.3 Å². The molecule has 0 unspecified atom stereocenters. The monoisotopic (exact) mass is 180 g/mol. The number of fused-ring (bicyclic) bond motifs is 1. The van der Waals surface area contributed by atoms with Crippen molar-refractivity contribution in [1.82, 2.24) is 0 Å². The maximum atomic E-state index is 13.2. The molecular formula is C10H9FO2. The summed E-state index contributed by atoms with van der Waals surface area (Å²) in [4.78, 5) is 11.0. The molecule has 1 aromatic carbocycles. The fourth-order valence-corrected chi connectivity index (χ4v) is 1.47. The van der Waals surface area contributed by atoms with Crippen LogP contribution in [0.3, 0.4) is 0 Å². The van der Waals surface area contributed by atoms with Crippen molar-refractivity contribution in [2.75, 3.05) is 6.61 Å². The molecule has 1 aliphatic rings. The highest BCUT2D eigenvalue weighted by Gasteiger charge is 2.17. The van der Waals surface area contributed by atoms with E-state index in [1.807, 2.05) is 0 Å². The highest BCUT2D eigenvalue weighted by Crippen LogP contribution is 2.28. The molecule has 1 heterocycles. The Morgan fingerprint density at radius 3 is 3.00 bits per heavy atom. The molecule has 0 fully saturated rings. The number of carbonyl (C=O) groups is 1. The number of Topliss-reactive ketones (excluding diaryl/α,β-unsaturated/α-hetero) is 1. The largest absolute Gasteiger partial charge is 0.493 e. The number of hydrogen-bond donors (Lipinski definition) is 0. The Hall–Kier alpha value is -1.38. The smallest absolute Gasteiger partial charge is 0.162 e. The van der Waals surface area contributed by atoms with E-state index in [1.54, 1.807) is 6.07 Å². The lowest BCUT2D eigenvalue weighted by molar-refractivity contribution is 0.101. The van der Waals surface area contributed by atoms with Gasteiger partial charge in [0.05, 0.1) is 12.2 Å². The first-order valence-electron chi connectivity index (χ1n) is 4.14. The number of hydrogen-bond acceptors (Lipinski definition) is 2. The molecule has 68 valence electrons. The molecule has 0 aromatic heterocycles. The third-order valence-corrected chi connectivity index (χ3v) is 2.16. The zero-order chi connectivity index (χ0) is 9.42. The summed E-state index contributed by atoms with van der Waals surface area (Å²) < 4.78 is 18.4. The normalized spacial score (nSPS) is 13.7. The predicted octanol–water partition coefficient (Wildman–Crippen LogP) is 1.96. The molecule has 0 aliphatic carbocycles. The second kappa shape index (κ2) is 2.83. The van der Waals surface area contributed by atoms with Gasteiger partial charge in [-0.15, -0.1) is 0 Å². The average Bonchev–Trinajstić information content (AvgIpc) is 2.48. The number of carbonyl (C=O) groups excluding carboxylic acids is 1. The van der Waals surface area contributed by atoms with Crippen molar-refractivity contribution in [2.45, 2.75) is 13.3 Å². The van der Waals surface area contributed by atoms with Gasteiger partial charge in [-0.3, -0.25) is 4.79 Å². The highest BCUT2D eigenvalue weighted by atomic mass is 19.1. The van der Waals surface area contributed by atoms with E-state index in [9.17, 15) is 9.18 Å². The number of rotatable bonds is 1. The van der Waals surface area contributed by atoms with Crippen LogP contribution in [0.15, 0.2) is 12.1 Å². The first kappa shape index (κ1) is 8.23. The van der Waals surface area contributed by atoms with Crippen LogP contribution in [0, 0.1) is 5.82 Å². The van der Waals surface area contributed by atoms with E-state index in [1.165, 1.54) is 13.0 Å². The minimum Gasteiger partial charge on any atom is -0.493 e. The Morgan fingerprint density at radius 2 is 2.31 bits per heavy atom. The van der Waals surface area contributed by atoms with Gasteiger partial charge in [-0.2, -0.15) is 0 Å². The number of benzene rings is 1. The van der Waals surface area contributed by atoms with E-state index in [0.29, 0.717) is 12.4 Å². The number of halogens is 1. The Balaban J connectivity index is 2.55. The third kappa shape index (κ3) is 1.30. The summed E-state index contributed by atoms with van der Waals surface area (Å²) in [6, 6.07) is 2.87. The van der Waals surface area contributed by atoms with Gasteiger partial charge in [-0.25, -0.2) is 4.39 Å². The van der Waals surface area contributed by atoms with Crippen LogP contribution in [0.4, 0.5) is 4.39 Å². The standard InChI is InChI=1S/C10H9FO2/c1-6(12)8-4-7-2-3-13-10(7)5-9(8)11/h4-5H,2-3H2,1H3. The van der Waals surface area contributed by atoms with Gasteiger partial charge < -0.3 is 4.74 Å². The van der Waals surface area contributed by atoms with E-state index in [-0.39, 0.29) is 11.3 Å². The average molecular weight is 180 g/mol. The summed E-state index contributed by atoms with van der Waals surface area (Å²) in [5.74, 6) is -0.164. The van der Waals surface area contributed by atoms with Gasteiger partial charge >= 0.3 is 0 Å². The second-order valence-corrected chi connectivity index (χ2v) is 3.09. The molecule has 0 radical (unpaired) electrons. The lowest BCUT2D eigenvalue weighted by atomic mass is 10.1. The molecule has 0 spiro atoms. The molecule has 1 aliphatic heterocycles. The van der Waals surface area contributed by atoms with Gasteiger partial charge in [-0.1, -0.05) is 0 Å². The molecule has 3 heteroatoms. The van der Waals surface area contributed by atoms with Gasteiger partial charge in [-0.05, 0) is 18.6 Å². The second-order valence-electron chi connectivity index (χ2n) is 3.09. The lowest BCUT2D eigenvalue weighted by Crippen LogP contribution is -1.97. The summed E-state index contributed by atoms with van der Waals surface area (Å²) in [5.41, 5.74) is 1.08. The van der Waals surface area contributed by atoms with Crippen molar-refractivity contribution in [2.24, 2.45) is 0 Å². The van der Waals surface area contributed by atoms with Gasteiger partial charge in [0.2, 0.25) is 0 Å². The number of ketones is 1. The third-order valence-electron chi connectivity index (χ3n) is 2.16. The van der Waals surface area contributed by atoms with Crippen molar-refractivity contribution in [3.8, 4) is 5.75 Å². The Labute approximate surface area is 75.3 Å². The van der Waals surface area contributed by atoms with Crippen LogP contribution < -0.4 is 4.74 Å². The molecule has 2 nitrogen and oxygen atoms in total. The fourth-order valence-electron chi connectivity index (χ4n) is 1.47. The Morgan fingerprint density at radius 1 is 1.54 bits per heavy atom. The minimum atomic E-state index is -0.492. The summed E-state index contributed by atoms with van der Waals surface area (Å²) in [6.45, 7) is 1.94. The van der Waals surface area contributed by atoms with Crippen LogP contribution in [0.25, 0.3) is 0 Å².